The van der Waals surface area contributed by atoms with E-state index >= 15 is 0 Å². The zero-order chi connectivity index (χ0) is 12.8. The zero-order valence-corrected chi connectivity index (χ0v) is 10.6. The molecule has 0 saturated heterocycles. The van der Waals surface area contributed by atoms with Crippen molar-refractivity contribution in [3.05, 3.63) is 34.4 Å². The average molecular weight is 237 g/mol. The number of anilines is 1. The topological polar surface area (TPSA) is 56.1 Å². The van der Waals surface area contributed by atoms with Crippen molar-refractivity contribution in [2.45, 2.75) is 27.0 Å². The summed E-state index contributed by atoms with van der Waals surface area (Å²) < 4.78 is 6.73. The van der Waals surface area contributed by atoms with Crippen LogP contribution in [0.25, 0.3) is 0 Å². The molecule has 1 heterocycles. The van der Waals surface area contributed by atoms with Gasteiger partial charge in [0.05, 0.1) is 6.61 Å². The van der Waals surface area contributed by atoms with Gasteiger partial charge in [-0.15, -0.1) is 6.58 Å². The summed E-state index contributed by atoms with van der Waals surface area (Å²) in [6.07, 6.45) is 1.68. The van der Waals surface area contributed by atoms with Gasteiger partial charge in [0, 0.05) is 31.5 Å². The molecule has 1 rings (SSSR count). The molecule has 0 aromatic carbocycles. The molecule has 5 nitrogen and oxygen atoms in total. The van der Waals surface area contributed by atoms with Gasteiger partial charge in [-0.2, -0.15) is 4.98 Å². The van der Waals surface area contributed by atoms with Crippen molar-refractivity contribution in [1.29, 1.82) is 0 Å². The van der Waals surface area contributed by atoms with E-state index in [2.05, 4.69) is 16.9 Å². The third-order valence-electron chi connectivity index (χ3n) is 2.51. The Morgan fingerprint density at radius 2 is 2.29 bits per heavy atom. The van der Waals surface area contributed by atoms with Crippen molar-refractivity contribution in [3.63, 3.8) is 0 Å². The fourth-order valence-corrected chi connectivity index (χ4v) is 1.68. The van der Waals surface area contributed by atoms with Gasteiger partial charge in [0.25, 0.3) is 0 Å². The monoisotopic (exact) mass is 237 g/mol. The van der Waals surface area contributed by atoms with Crippen LogP contribution in [0.1, 0.15) is 18.2 Å². The molecule has 0 aliphatic carbocycles. The number of allylic oxidation sites excluding steroid dienone is 1. The standard InChI is InChI=1S/C12H19N3O2/c1-5-7-15-9(3)10(8-17-4)11(13-6-2)14-12(15)16/h5H,1,6-8H2,2-4H3,(H,13,14,16). The molecule has 17 heavy (non-hydrogen) atoms. The van der Waals surface area contributed by atoms with Crippen LogP contribution in [0.3, 0.4) is 0 Å². The highest BCUT2D eigenvalue weighted by Crippen LogP contribution is 2.15. The van der Waals surface area contributed by atoms with Crippen LogP contribution in [0, 0.1) is 6.92 Å². The molecular weight excluding hydrogens is 218 g/mol. The van der Waals surface area contributed by atoms with E-state index in [1.807, 2.05) is 13.8 Å². The molecule has 0 fully saturated rings. The van der Waals surface area contributed by atoms with Crippen molar-refractivity contribution < 1.29 is 4.74 Å². The van der Waals surface area contributed by atoms with E-state index < -0.39 is 0 Å². The van der Waals surface area contributed by atoms with Crippen LogP contribution in [0.5, 0.6) is 0 Å². The van der Waals surface area contributed by atoms with Crippen LogP contribution in [-0.4, -0.2) is 23.2 Å². The number of nitrogens with zero attached hydrogens (tertiary/aromatic N) is 2. The third kappa shape index (κ3) is 2.94. The van der Waals surface area contributed by atoms with Gasteiger partial charge in [-0.25, -0.2) is 4.79 Å². The van der Waals surface area contributed by atoms with Crippen LogP contribution < -0.4 is 11.0 Å². The van der Waals surface area contributed by atoms with E-state index in [0.29, 0.717) is 25.5 Å². The molecule has 0 radical (unpaired) electrons. The van der Waals surface area contributed by atoms with Crippen molar-refractivity contribution in [2.75, 3.05) is 19.0 Å². The minimum absolute atomic E-state index is 0.266. The summed E-state index contributed by atoms with van der Waals surface area (Å²) in [5.74, 6) is 0.608. The van der Waals surface area contributed by atoms with Gasteiger partial charge in [0.1, 0.15) is 5.82 Å². The Morgan fingerprint density at radius 1 is 1.59 bits per heavy atom. The fraction of sp³-hybridized carbons (Fsp3) is 0.500. The summed E-state index contributed by atoms with van der Waals surface area (Å²) in [7, 11) is 1.62. The molecule has 1 aromatic heterocycles. The predicted molar refractivity (Wildman–Crippen MR) is 68.3 cm³/mol. The van der Waals surface area contributed by atoms with Crippen molar-refractivity contribution in [3.8, 4) is 0 Å². The molecule has 0 unspecified atom stereocenters. The zero-order valence-electron chi connectivity index (χ0n) is 10.6. The summed E-state index contributed by atoms with van der Waals surface area (Å²) >= 11 is 0. The normalized spacial score (nSPS) is 10.3. The van der Waals surface area contributed by atoms with Crippen LogP contribution in [0.15, 0.2) is 17.4 Å². The predicted octanol–water partition coefficient (Wildman–Crippen LogP) is 1.32. The number of hydrogen-bond acceptors (Lipinski definition) is 4. The van der Waals surface area contributed by atoms with Crippen LogP contribution in [0.4, 0.5) is 5.82 Å². The first-order valence-electron chi connectivity index (χ1n) is 5.59. The molecule has 5 heteroatoms. The van der Waals surface area contributed by atoms with Crippen molar-refractivity contribution in [1.82, 2.24) is 9.55 Å². The van der Waals surface area contributed by atoms with E-state index in [1.165, 1.54) is 0 Å². The maximum atomic E-state index is 11.8. The van der Waals surface area contributed by atoms with E-state index in [9.17, 15) is 4.79 Å². The minimum Gasteiger partial charge on any atom is -0.380 e. The number of hydrogen-bond donors (Lipinski definition) is 1. The number of ether oxygens (including phenoxy) is 1. The van der Waals surface area contributed by atoms with Gasteiger partial charge in [-0.1, -0.05) is 6.08 Å². The molecular formula is C12H19N3O2. The van der Waals surface area contributed by atoms with Gasteiger partial charge in [-0.05, 0) is 13.8 Å². The largest absolute Gasteiger partial charge is 0.380 e. The third-order valence-corrected chi connectivity index (χ3v) is 2.51. The highest BCUT2D eigenvalue weighted by Gasteiger charge is 2.12. The Balaban J connectivity index is 3.34. The van der Waals surface area contributed by atoms with Gasteiger partial charge >= 0.3 is 5.69 Å². The maximum Gasteiger partial charge on any atom is 0.350 e. The highest BCUT2D eigenvalue weighted by atomic mass is 16.5. The Morgan fingerprint density at radius 3 is 2.82 bits per heavy atom. The van der Waals surface area contributed by atoms with Crippen LogP contribution >= 0.6 is 0 Å². The summed E-state index contributed by atoms with van der Waals surface area (Å²) in [6, 6.07) is 0. The molecule has 0 aliphatic rings. The molecule has 0 amide bonds. The van der Waals surface area contributed by atoms with Crippen molar-refractivity contribution in [2.24, 2.45) is 0 Å². The average Bonchev–Trinajstić information content (AvgIpc) is 2.30. The van der Waals surface area contributed by atoms with E-state index in [0.717, 1.165) is 11.3 Å². The van der Waals surface area contributed by atoms with E-state index in [1.54, 1.807) is 17.8 Å². The Hall–Kier alpha value is -1.62. The number of methoxy groups -OCH3 is 1. The Kier molecular flexibility index (Phi) is 4.90. The smallest absolute Gasteiger partial charge is 0.350 e. The first-order chi connectivity index (χ1) is 8.15. The van der Waals surface area contributed by atoms with Crippen LogP contribution in [-0.2, 0) is 17.9 Å². The first-order valence-corrected chi connectivity index (χ1v) is 5.59. The van der Waals surface area contributed by atoms with E-state index in [4.69, 9.17) is 4.74 Å². The van der Waals surface area contributed by atoms with Crippen molar-refractivity contribution >= 4 is 5.82 Å². The SMILES string of the molecule is C=CCn1c(C)c(COC)c(NCC)nc1=O. The second-order valence-electron chi connectivity index (χ2n) is 3.67. The van der Waals surface area contributed by atoms with Gasteiger partial charge in [0.15, 0.2) is 0 Å². The summed E-state index contributed by atoms with van der Waals surface area (Å²) in [4.78, 5) is 15.8. The second-order valence-corrected chi connectivity index (χ2v) is 3.67. The molecule has 94 valence electrons. The Labute approximate surface area is 101 Å². The Bertz CT molecular complexity index is 452. The molecule has 0 atom stereocenters. The lowest BCUT2D eigenvalue weighted by atomic mass is 10.2. The molecule has 0 aliphatic heterocycles. The summed E-state index contributed by atoms with van der Waals surface area (Å²) in [5, 5.41) is 3.08. The summed E-state index contributed by atoms with van der Waals surface area (Å²) in [6.45, 7) is 9.09. The van der Waals surface area contributed by atoms with Gasteiger partial charge in [0.2, 0.25) is 0 Å². The minimum atomic E-state index is -0.266. The number of rotatable bonds is 6. The highest BCUT2D eigenvalue weighted by molar-refractivity contribution is 5.45. The molecule has 1 aromatic rings. The fourth-order valence-electron chi connectivity index (χ4n) is 1.68. The first kappa shape index (κ1) is 13.4. The quantitative estimate of drug-likeness (QED) is 0.758. The lowest BCUT2D eigenvalue weighted by Gasteiger charge is -2.15. The summed E-state index contributed by atoms with van der Waals surface area (Å²) in [5.41, 5.74) is 1.51. The molecule has 0 bridgehead atoms. The maximum absolute atomic E-state index is 11.8. The number of nitrogens with one attached hydrogen (secondary N) is 1. The lowest BCUT2D eigenvalue weighted by molar-refractivity contribution is 0.183. The van der Waals surface area contributed by atoms with E-state index in [-0.39, 0.29) is 5.69 Å². The van der Waals surface area contributed by atoms with Gasteiger partial charge in [-0.3, -0.25) is 4.57 Å². The van der Waals surface area contributed by atoms with Gasteiger partial charge < -0.3 is 10.1 Å². The molecule has 0 spiro atoms. The lowest BCUT2D eigenvalue weighted by Crippen LogP contribution is -2.28. The number of aromatic nitrogens is 2. The van der Waals surface area contributed by atoms with Crippen LogP contribution in [0.2, 0.25) is 0 Å². The second kappa shape index (κ2) is 6.20. The molecule has 0 saturated carbocycles. The molecule has 1 N–H and O–H groups in total.